The van der Waals surface area contributed by atoms with Crippen LogP contribution < -0.4 is 5.32 Å². The molecule has 1 aromatic heterocycles. The summed E-state index contributed by atoms with van der Waals surface area (Å²) < 4.78 is 2.22. The van der Waals surface area contributed by atoms with Gasteiger partial charge in [0.25, 0.3) is 0 Å². The molecule has 1 fully saturated rings. The van der Waals surface area contributed by atoms with Crippen LogP contribution in [0.1, 0.15) is 38.9 Å². The molecule has 0 radical (unpaired) electrons. The molecular formula is C11H20N4. The fraction of sp³-hybridized carbons (Fsp3) is 0.818. The zero-order valence-corrected chi connectivity index (χ0v) is 9.66. The smallest absolute Gasteiger partial charge is 0.140 e. The number of nitrogens with one attached hydrogen (secondary N) is 1. The van der Waals surface area contributed by atoms with Gasteiger partial charge in [-0.3, -0.25) is 0 Å². The molecule has 1 aliphatic rings. The van der Waals surface area contributed by atoms with Gasteiger partial charge in [0.2, 0.25) is 0 Å². The van der Waals surface area contributed by atoms with Gasteiger partial charge in [0, 0.05) is 18.5 Å². The molecule has 1 unspecified atom stereocenters. The summed E-state index contributed by atoms with van der Waals surface area (Å²) in [6.07, 6.45) is 5.33. The fourth-order valence-electron chi connectivity index (χ4n) is 2.46. The second-order valence-electron chi connectivity index (χ2n) is 4.41. The molecule has 84 valence electrons. The Morgan fingerprint density at radius 1 is 1.53 bits per heavy atom. The van der Waals surface area contributed by atoms with Crippen molar-refractivity contribution in [1.29, 1.82) is 0 Å². The highest BCUT2D eigenvalue weighted by Gasteiger charge is 2.37. The van der Waals surface area contributed by atoms with Crippen LogP contribution in [0.2, 0.25) is 0 Å². The summed E-state index contributed by atoms with van der Waals surface area (Å²) in [7, 11) is 0. The van der Waals surface area contributed by atoms with Crippen LogP contribution in [-0.4, -0.2) is 27.9 Å². The van der Waals surface area contributed by atoms with Crippen molar-refractivity contribution < 1.29 is 0 Å². The van der Waals surface area contributed by atoms with Gasteiger partial charge in [0.15, 0.2) is 0 Å². The highest BCUT2D eigenvalue weighted by Crippen LogP contribution is 2.32. The SMILES string of the molecule is CCCn1cnnc1C1(CC)CCNC1. The van der Waals surface area contributed by atoms with E-state index in [4.69, 9.17) is 0 Å². The van der Waals surface area contributed by atoms with E-state index >= 15 is 0 Å². The molecule has 4 heteroatoms. The van der Waals surface area contributed by atoms with Gasteiger partial charge in [-0.1, -0.05) is 13.8 Å². The minimum absolute atomic E-state index is 0.228. The lowest BCUT2D eigenvalue weighted by Crippen LogP contribution is -2.31. The van der Waals surface area contributed by atoms with Crippen molar-refractivity contribution >= 4 is 0 Å². The quantitative estimate of drug-likeness (QED) is 0.811. The molecular weight excluding hydrogens is 188 g/mol. The van der Waals surface area contributed by atoms with E-state index in [1.54, 1.807) is 0 Å². The van der Waals surface area contributed by atoms with Crippen molar-refractivity contribution in [3.8, 4) is 0 Å². The summed E-state index contributed by atoms with van der Waals surface area (Å²) >= 11 is 0. The molecule has 0 aliphatic carbocycles. The fourth-order valence-corrected chi connectivity index (χ4v) is 2.46. The zero-order chi connectivity index (χ0) is 10.7. The minimum atomic E-state index is 0.228. The molecule has 2 rings (SSSR count). The Hall–Kier alpha value is -0.900. The number of hydrogen-bond donors (Lipinski definition) is 1. The second kappa shape index (κ2) is 4.31. The predicted molar refractivity (Wildman–Crippen MR) is 59.8 cm³/mol. The standard InChI is InChI=1S/C11H20N4/c1-3-7-15-9-13-14-10(15)11(4-2)5-6-12-8-11/h9,12H,3-8H2,1-2H3. The number of hydrogen-bond acceptors (Lipinski definition) is 3. The van der Waals surface area contributed by atoms with Crippen molar-refractivity contribution in [2.75, 3.05) is 13.1 Å². The third kappa shape index (κ3) is 1.78. The first-order chi connectivity index (χ1) is 7.32. The maximum atomic E-state index is 4.33. The minimum Gasteiger partial charge on any atom is -0.317 e. The molecule has 0 aromatic carbocycles. The van der Waals surface area contributed by atoms with Gasteiger partial charge in [0.05, 0.1) is 0 Å². The maximum Gasteiger partial charge on any atom is 0.140 e. The summed E-state index contributed by atoms with van der Waals surface area (Å²) in [4.78, 5) is 0. The van der Waals surface area contributed by atoms with Crippen molar-refractivity contribution in [2.24, 2.45) is 0 Å². The molecule has 1 aromatic rings. The molecule has 0 bridgehead atoms. The van der Waals surface area contributed by atoms with Crippen LogP contribution in [0.3, 0.4) is 0 Å². The molecule has 15 heavy (non-hydrogen) atoms. The van der Waals surface area contributed by atoms with E-state index in [0.29, 0.717) is 0 Å². The number of rotatable bonds is 4. The molecule has 4 nitrogen and oxygen atoms in total. The van der Waals surface area contributed by atoms with E-state index in [0.717, 1.165) is 32.5 Å². The molecule has 0 saturated carbocycles. The van der Waals surface area contributed by atoms with Crippen LogP contribution in [0.4, 0.5) is 0 Å². The first kappa shape index (κ1) is 10.6. The van der Waals surface area contributed by atoms with E-state index < -0.39 is 0 Å². The Bertz CT molecular complexity index is 312. The average molecular weight is 208 g/mol. The van der Waals surface area contributed by atoms with E-state index in [2.05, 4.69) is 33.9 Å². The van der Waals surface area contributed by atoms with Crippen molar-refractivity contribution in [3.05, 3.63) is 12.2 Å². The Labute approximate surface area is 91.1 Å². The Morgan fingerprint density at radius 2 is 2.40 bits per heavy atom. The van der Waals surface area contributed by atoms with Gasteiger partial charge in [-0.25, -0.2) is 0 Å². The lowest BCUT2D eigenvalue weighted by atomic mass is 9.83. The maximum absolute atomic E-state index is 4.33. The highest BCUT2D eigenvalue weighted by atomic mass is 15.3. The lowest BCUT2D eigenvalue weighted by Gasteiger charge is -2.25. The third-order valence-electron chi connectivity index (χ3n) is 3.47. The molecule has 2 heterocycles. The van der Waals surface area contributed by atoms with Gasteiger partial charge < -0.3 is 9.88 Å². The topological polar surface area (TPSA) is 42.7 Å². The van der Waals surface area contributed by atoms with Gasteiger partial charge in [-0.15, -0.1) is 10.2 Å². The van der Waals surface area contributed by atoms with Gasteiger partial charge in [-0.2, -0.15) is 0 Å². The van der Waals surface area contributed by atoms with Crippen molar-refractivity contribution in [1.82, 2.24) is 20.1 Å². The normalized spacial score (nSPS) is 26.0. The summed E-state index contributed by atoms with van der Waals surface area (Å²) in [5, 5.41) is 11.8. The molecule has 1 aliphatic heterocycles. The van der Waals surface area contributed by atoms with Crippen molar-refractivity contribution in [2.45, 2.75) is 45.1 Å². The monoisotopic (exact) mass is 208 g/mol. The van der Waals surface area contributed by atoms with Gasteiger partial charge in [0.1, 0.15) is 12.2 Å². The van der Waals surface area contributed by atoms with E-state index in [9.17, 15) is 0 Å². The molecule has 1 N–H and O–H groups in total. The van der Waals surface area contributed by atoms with Gasteiger partial charge in [-0.05, 0) is 25.8 Å². The number of aromatic nitrogens is 3. The van der Waals surface area contributed by atoms with Crippen LogP contribution in [0, 0.1) is 0 Å². The van der Waals surface area contributed by atoms with Crippen LogP contribution >= 0.6 is 0 Å². The Balaban J connectivity index is 2.29. The number of nitrogens with zero attached hydrogens (tertiary/aromatic N) is 3. The zero-order valence-electron chi connectivity index (χ0n) is 9.66. The molecule has 1 atom stereocenters. The first-order valence-electron chi connectivity index (χ1n) is 5.91. The van der Waals surface area contributed by atoms with Crippen molar-refractivity contribution in [3.63, 3.8) is 0 Å². The van der Waals surface area contributed by atoms with Gasteiger partial charge >= 0.3 is 0 Å². The first-order valence-corrected chi connectivity index (χ1v) is 5.91. The lowest BCUT2D eigenvalue weighted by molar-refractivity contribution is 0.400. The molecule has 0 spiro atoms. The number of aryl methyl sites for hydroxylation is 1. The largest absolute Gasteiger partial charge is 0.317 e. The summed E-state index contributed by atoms with van der Waals surface area (Å²) in [5.41, 5.74) is 0.228. The van der Waals surface area contributed by atoms with E-state index in [1.165, 1.54) is 12.2 Å². The second-order valence-corrected chi connectivity index (χ2v) is 4.41. The van der Waals surface area contributed by atoms with E-state index in [-0.39, 0.29) is 5.41 Å². The summed E-state index contributed by atoms with van der Waals surface area (Å²) in [6, 6.07) is 0. The summed E-state index contributed by atoms with van der Waals surface area (Å²) in [6.45, 7) is 7.62. The highest BCUT2D eigenvalue weighted by molar-refractivity contribution is 5.12. The van der Waals surface area contributed by atoms with E-state index in [1.807, 2.05) is 6.33 Å². The van der Waals surface area contributed by atoms with Crippen LogP contribution in [-0.2, 0) is 12.0 Å². The predicted octanol–water partition coefficient (Wildman–Crippen LogP) is 1.33. The molecule has 1 saturated heterocycles. The van der Waals surface area contributed by atoms with Crippen LogP contribution in [0.5, 0.6) is 0 Å². The third-order valence-corrected chi connectivity index (χ3v) is 3.47. The average Bonchev–Trinajstić information content (AvgIpc) is 2.86. The Kier molecular flexibility index (Phi) is 3.05. The van der Waals surface area contributed by atoms with Crippen LogP contribution in [0.15, 0.2) is 6.33 Å². The van der Waals surface area contributed by atoms with Crippen LogP contribution in [0.25, 0.3) is 0 Å². The summed E-state index contributed by atoms with van der Waals surface area (Å²) in [5.74, 6) is 1.18. The molecule has 0 amide bonds. The Morgan fingerprint density at radius 3 is 3.00 bits per heavy atom.